The average Bonchev–Trinajstić information content (AvgIpc) is 2.94. The highest BCUT2D eigenvalue weighted by Gasteiger charge is 2.26. The van der Waals surface area contributed by atoms with Crippen molar-refractivity contribution in [1.82, 2.24) is 0 Å². The summed E-state index contributed by atoms with van der Waals surface area (Å²) in [5, 5.41) is 2.67. The molecule has 0 atom stereocenters. The number of fused-ring (bicyclic) bond motifs is 3. The SMILES string of the molecule is CCN1CN(Cc2ccccc2)c2c1ccc1ccccc21. The van der Waals surface area contributed by atoms with Gasteiger partial charge in [0.25, 0.3) is 0 Å². The standard InChI is InChI=1S/C20H20N2/c1-2-21-15-22(14-16-8-4-3-5-9-16)20-18-11-7-6-10-17(18)12-13-19(20)21/h3-13H,2,14-15H2,1H3. The van der Waals surface area contributed by atoms with Gasteiger partial charge in [-0.1, -0.05) is 60.7 Å². The third kappa shape index (κ3) is 2.12. The molecule has 0 unspecified atom stereocenters. The highest BCUT2D eigenvalue weighted by molar-refractivity contribution is 6.02. The van der Waals surface area contributed by atoms with Gasteiger partial charge < -0.3 is 9.80 Å². The zero-order valence-electron chi connectivity index (χ0n) is 12.9. The van der Waals surface area contributed by atoms with Crippen LogP contribution in [0.2, 0.25) is 0 Å². The molecule has 0 radical (unpaired) electrons. The third-order valence-electron chi connectivity index (χ3n) is 4.48. The van der Waals surface area contributed by atoms with E-state index >= 15 is 0 Å². The predicted molar refractivity (Wildman–Crippen MR) is 94.5 cm³/mol. The first-order valence-corrected chi connectivity index (χ1v) is 7.92. The van der Waals surface area contributed by atoms with Gasteiger partial charge in [-0.2, -0.15) is 0 Å². The van der Waals surface area contributed by atoms with Gasteiger partial charge in [-0.25, -0.2) is 0 Å². The topological polar surface area (TPSA) is 6.48 Å². The van der Waals surface area contributed by atoms with Gasteiger partial charge in [0.05, 0.1) is 18.0 Å². The molecule has 2 heteroatoms. The van der Waals surface area contributed by atoms with Crippen molar-refractivity contribution in [3.63, 3.8) is 0 Å². The molecule has 3 aromatic rings. The van der Waals surface area contributed by atoms with E-state index in [1.165, 1.54) is 27.7 Å². The minimum atomic E-state index is 0.957. The molecule has 0 N–H and O–H groups in total. The van der Waals surface area contributed by atoms with Crippen LogP contribution in [0, 0.1) is 0 Å². The van der Waals surface area contributed by atoms with E-state index in [4.69, 9.17) is 0 Å². The second kappa shape index (κ2) is 5.38. The van der Waals surface area contributed by atoms with Crippen LogP contribution in [0.15, 0.2) is 66.7 Å². The third-order valence-corrected chi connectivity index (χ3v) is 4.48. The second-order valence-corrected chi connectivity index (χ2v) is 5.84. The second-order valence-electron chi connectivity index (χ2n) is 5.84. The summed E-state index contributed by atoms with van der Waals surface area (Å²) >= 11 is 0. The summed E-state index contributed by atoms with van der Waals surface area (Å²) in [5.74, 6) is 0. The maximum Gasteiger partial charge on any atom is 0.0907 e. The lowest BCUT2D eigenvalue weighted by atomic mass is 10.1. The minimum Gasteiger partial charge on any atom is -0.352 e. The Labute approximate surface area is 131 Å². The van der Waals surface area contributed by atoms with Gasteiger partial charge in [-0.05, 0) is 23.9 Å². The molecule has 0 fully saturated rings. The first kappa shape index (κ1) is 13.2. The van der Waals surface area contributed by atoms with Gasteiger partial charge in [0.15, 0.2) is 0 Å². The van der Waals surface area contributed by atoms with Crippen LogP contribution in [-0.4, -0.2) is 13.2 Å². The number of nitrogens with zero attached hydrogens (tertiary/aromatic N) is 2. The van der Waals surface area contributed by atoms with E-state index in [-0.39, 0.29) is 0 Å². The van der Waals surface area contributed by atoms with Gasteiger partial charge >= 0.3 is 0 Å². The summed E-state index contributed by atoms with van der Waals surface area (Å²) < 4.78 is 0. The molecule has 0 spiro atoms. The fourth-order valence-corrected chi connectivity index (χ4v) is 3.39. The van der Waals surface area contributed by atoms with Crippen molar-refractivity contribution in [2.45, 2.75) is 13.5 Å². The largest absolute Gasteiger partial charge is 0.352 e. The summed E-state index contributed by atoms with van der Waals surface area (Å²) in [7, 11) is 0. The Bertz CT molecular complexity index is 795. The molecule has 1 heterocycles. The van der Waals surface area contributed by atoms with E-state index in [1.54, 1.807) is 0 Å². The van der Waals surface area contributed by atoms with Crippen LogP contribution in [-0.2, 0) is 6.54 Å². The number of anilines is 2. The van der Waals surface area contributed by atoms with Crippen LogP contribution in [0.5, 0.6) is 0 Å². The molecule has 0 aliphatic carbocycles. The Morgan fingerprint density at radius 3 is 2.41 bits per heavy atom. The summed E-state index contributed by atoms with van der Waals surface area (Å²) in [6, 6.07) is 23.9. The van der Waals surface area contributed by atoms with E-state index in [0.29, 0.717) is 0 Å². The monoisotopic (exact) mass is 288 g/mol. The van der Waals surface area contributed by atoms with Crippen molar-refractivity contribution in [3.05, 3.63) is 72.3 Å². The van der Waals surface area contributed by atoms with E-state index in [9.17, 15) is 0 Å². The molecule has 22 heavy (non-hydrogen) atoms. The Balaban J connectivity index is 1.82. The van der Waals surface area contributed by atoms with E-state index in [0.717, 1.165) is 19.8 Å². The van der Waals surface area contributed by atoms with E-state index in [2.05, 4.69) is 83.5 Å². The van der Waals surface area contributed by atoms with E-state index in [1.807, 2.05) is 0 Å². The smallest absolute Gasteiger partial charge is 0.0907 e. The Hall–Kier alpha value is -2.48. The molecule has 0 amide bonds. The summed E-state index contributed by atoms with van der Waals surface area (Å²) in [5.41, 5.74) is 4.10. The molecular formula is C20H20N2. The maximum absolute atomic E-state index is 2.50. The number of hydrogen-bond acceptors (Lipinski definition) is 2. The van der Waals surface area contributed by atoms with Crippen LogP contribution in [0.1, 0.15) is 12.5 Å². The zero-order chi connectivity index (χ0) is 14.9. The summed E-state index contributed by atoms with van der Waals surface area (Å²) in [4.78, 5) is 4.95. The van der Waals surface area contributed by atoms with Gasteiger partial charge in [-0.3, -0.25) is 0 Å². The van der Waals surface area contributed by atoms with Crippen LogP contribution < -0.4 is 9.80 Å². The molecule has 2 nitrogen and oxygen atoms in total. The van der Waals surface area contributed by atoms with Crippen LogP contribution >= 0.6 is 0 Å². The highest BCUT2D eigenvalue weighted by Crippen LogP contribution is 2.42. The molecule has 0 saturated carbocycles. The number of benzene rings is 3. The molecule has 3 aromatic carbocycles. The van der Waals surface area contributed by atoms with Crippen LogP contribution in [0.4, 0.5) is 11.4 Å². The molecule has 1 aliphatic rings. The minimum absolute atomic E-state index is 0.957. The molecule has 1 aliphatic heterocycles. The highest BCUT2D eigenvalue weighted by atomic mass is 15.4. The number of hydrogen-bond donors (Lipinski definition) is 0. The molecule has 4 rings (SSSR count). The Morgan fingerprint density at radius 2 is 1.59 bits per heavy atom. The Morgan fingerprint density at radius 1 is 0.818 bits per heavy atom. The van der Waals surface area contributed by atoms with Gasteiger partial charge in [0, 0.05) is 18.5 Å². The van der Waals surface area contributed by atoms with Crippen molar-refractivity contribution < 1.29 is 0 Å². The van der Waals surface area contributed by atoms with Gasteiger partial charge in [0.1, 0.15) is 0 Å². The van der Waals surface area contributed by atoms with E-state index < -0.39 is 0 Å². The lowest BCUT2D eigenvalue weighted by Gasteiger charge is -2.21. The van der Waals surface area contributed by atoms with Gasteiger partial charge in [0.2, 0.25) is 0 Å². The molecule has 0 bridgehead atoms. The van der Waals surface area contributed by atoms with Crippen LogP contribution in [0.3, 0.4) is 0 Å². The van der Waals surface area contributed by atoms with Crippen molar-refractivity contribution in [1.29, 1.82) is 0 Å². The first-order chi connectivity index (χ1) is 10.9. The predicted octanol–water partition coefficient (Wildman–Crippen LogP) is 4.64. The zero-order valence-corrected chi connectivity index (χ0v) is 12.9. The average molecular weight is 288 g/mol. The fraction of sp³-hybridized carbons (Fsp3) is 0.200. The lowest BCUT2D eigenvalue weighted by molar-refractivity contribution is 0.782. The maximum atomic E-state index is 2.50. The van der Waals surface area contributed by atoms with Crippen molar-refractivity contribution >= 4 is 22.1 Å². The number of rotatable bonds is 3. The van der Waals surface area contributed by atoms with Gasteiger partial charge in [-0.15, -0.1) is 0 Å². The summed E-state index contributed by atoms with van der Waals surface area (Å²) in [6.45, 7) is 5.19. The molecule has 110 valence electrons. The van der Waals surface area contributed by atoms with Crippen molar-refractivity contribution in [3.8, 4) is 0 Å². The van der Waals surface area contributed by atoms with Crippen LogP contribution in [0.25, 0.3) is 10.8 Å². The first-order valence-electron chi connectivity index (χ1n) is 7.92. The normalized spacial score (nSPS) is 13.7. The summed E-state index contributed by atoms with van der Waals surface area (Å²) in [6.07, 6.45) is 0. The quantitative estimate of drug-likeness (QED) is 0.692. The van der Waals surface area contributed by atoms with Crippen molar-refractivity contribution in [2.75, 3.05) is 23.0 Å². The molecule has 0 aromatic heterocycles. The Kier molecular flexibility index (Phi) is 3.23. The lowest BCUT2D eigenvalue weighted by Crippen LogP contribution is -2.30. The molecular weight excluding hydrogens is 268 g/mol. The molecule has 0 saturated heterocycles. The fourth-order valence-electron chi connectivity index (χ4n) is 3.39. The van der Waals surface area contributed by atoms with Crippen molar-refractivity contribution in [2.24, 2.45) is 0 Å².